The summed E-state index contributed by atoms with van der Waals surface area (Å²) in [4.78, 5) is 11.1. The van der Waals surface area contributed by atoms with E-state index in [1.54, 1.807) is 0 Å². The van der Waals surface area contributed by atoms with Crippen LogP contribution in [0.15, 0.2) is 0 Å². The van der Waals surface area contributed by atoms with Crippen LogP contribution < -0.4 is 5.32 Å². The number of carbonyl (C=O) groups excluding carboxylic acids is 1. The zero-order chi connectivity index (χ0) is 10.1. The number of hydrogen-bond donors (Lipinski definition) is 1. The van der Waals surface area contributed by atoms with Crippen molar-refractivity contribution >= 4 is 17.5 Å². The van der Waals surface area contributed by atoms with Crippen LogP contribution in [0, 0.1) is 17.8 Å². The van der Waals surface area contributed by atoms with Crippen molar-refractivity contribution < 1.29 is 4.79 Å². The van der Waals surface area contributed by atoms with Crippen LogP contribution in [0.5, 0.6) is 0 Å². The summed E-state index contributed by atoms with van der Waals surface area (Å²) >= 11 is 5.47. The summed E-state index contributed by atoms with van der Waals surface area (Å²) in [6.45, 7) is 2.12. The van der Waals surface area contributed by atoms with Gasteiger partial charge in [-0.1, -0.05) is 6.42 Å². The molecule has 2 aliphatic carbocycles. The van der Waals surface area contributed by atoms with E-state index in [1.807, 2.05) is 0 Å². The highest BCUT2D eigenvalue weighted by molar-refractivity contribution is 6.27. The molecule has 0 aromatic heterocycles. The Morgan fingerprint density at radius 3 is 2.79 bits per heavy atom. The molecule has 0 unspecified atom stereocenters. The summed E-state index contributed by atoms with van der Waals surface area (Å²) in [5, 5.41) is 2.99. The monoisotopic (exact) mass is 215 g/mol. The molecule has 0 spiro atoms. The molecule has 2 bridgehead atoms. The molecule has 1 N–H and O–H groups in total. The van der Waals surface area contributed by atoms with Gasteiger partial charge in [-0.2, -0.15) is 0 Å². The van der Waals surface area contributed by atoms with Gasteiger partial charge in [0.05, 0.1) is 0 Å². The Balaban J connectivity index is 1.86. The Morgan fingerprint density at radius 1 is 1.50 bits per heavy atom. The number of fused-ring (bicyclic) bond motifs is 2. The standard InChI is InChI=1S/C11H18ClNO/c1-7(13-11(14)6-12)10-5-8-2-3-9(10)4-8/h7-10H,2-6H2,1H3,(H,13,14)/t7-,8+,9-,10+/m0/s1. The van der Waals surface area contributed by atoms with Gasteiger partial charge in [0.2, 0.25) is 5.91 Å². The van der Waals surface area contributed by atoms with Crippen LogP contribution in [0.3, 0.4) is 0 Å². The molecule has 14 heavy (non-hydrogen) atoms. The highest BCUT2D eigenvalue weighted by Gasteiger charge is 2.41. The van der Waals surface area contributed by atoms with Gasteiger partial charge in [-0.15, -0.1) is 11.6 Å². The van der Waals surface area contributed by atoms with Gasteiger partial charge < -0.3 is 5.32 Å². The summed E-state index contributed by atoms with van der Waals surface area (Å²) in [7, 11) is 0. The molecule has 80 valence electrons. The van der Waals surface area contributed by atoms with Crippen LogP contribution in [0.25, 0.3) is 0 Å². The third-order valence-electron chi connectivity index (χ3n) is 3.95. The Morgan fingerprint density at radius 2 is 2.29 bits per heavy atom. The summed E-state index contributed by atoms with van der Waals surface area (Å²) in [6, 6.07) is 0.316. The fourth-order valence-electron chi connectivity index (χ4n) is 3.31. The topological polar surface area (TPSA) is 29.1 Å². The van der Waals surface area contributed by atoms with Crippen molar-refractivity contribution in [3.63, 3.8) is 0 Å². The lowest BCUT2D eigenvalue weighted by Gasteiger charge is -2.28. The summed E-state index contributed by atoms with van der Waals surface area (Å²) < 4.78 is 0. The molecule has 2 rings (SSSR count). The summed E-state index contributed by atoms with van der Waals surface area (Å²) in [5.74, 6) is 2.58. The van der Waals surface area contributed by atoms with Crippen LogP contribution in [-0.2, 0) is 4.79 Å². The van der Waals surface area contributed by atoms with Gasteiger partial charge in [-0.25, -0.2) is 0 Å². The molecular formula is C11H18ClNO. The molecule has 0 aromatic rings. The Hall–Kier alpha value is -0.240. The summed E-state index contributed by atoms with van der Waals surface area (Å²) in [5.41, 5.74) is 0. The first kappa shape index (κ1) is 10.3. The van der Waals surface area contributed by atoms with Crippen LogP contribution in [0.1, 0.15) is 32.6 Å². The average Bonchev–Trinajstić information content (AvgIpc) is 2.78. The molecule has 3 heteroatoms. The summed E-state index contributed by atoms with van der Waals surface area (Å²) in [6.07, 6.45) is 5.49. The number of hydrogen-bond acceptors (Lipinski definition) is 1. The van der Waals surface area contributed by atoms with Gasteiger partial charge in [0.25, 0.3) is 0 Å². The molecule has 2 nitrogen and oxygen atoms in total. The molecule has 0 aromatic carbocycles. The van der Waals surface area contributed by atoms with Gasteiger partial charge in [-0.05, 0) is 43.9 Å². The Labute approximate surface area is 90.4 Å². The molecule has 0 aliphatic heterocycles. The average molecular weight is 216 g/mol. The van der Waals surface area contributed by atoms with E-state index in [-0.39, 0.29) is 11.8 Å². The maximum absolute atomic E-state index is 11.1. The second-order valence-electron chi connectivity index (χ2n) is 4.83. The van der Waals surface area contributed by atoms with E-state index in [9.17, 15) is 4.79 Å². The van der Waals surface area contributed by atoms with E-state index in [1.165, 1.54) is 25.7 Å². The number of halogens is 1. The van der Waals surface area contributed by atoms with Crippen molar-refractivity contribution in [2.45, 2.75) is 38.6 Å². The first-order valence-electron chi connectivity index (χ1n) is 5.56. The van der Waals surface area contributed by atoms with E-state index < -0.39 is 0 Å². The minimum absolute atomic E-state index is 0.0260. The zero-order valence-corrected chi connectivity index (χ0v) is 9.39. The van der Waals surface area contributed by atoms with Crippen molar-refractivity contribution in [3.8, 4) is 0 Å². The van der Waals surface area contributed by atoms with Crippen molar-refractivity contribution in [1.29, 1.82) is 0 Å². The molecule has 0 radical (unpaired) electrons. The number of amides is 1. The van der Waals surface area contributed by atoms with Gasteiger partial charge >= 0.3 is 0 Å². The fraction of sp³-hybridized carbons (Fsp3) is 0.909. The van der Waals surface area contributed by atoms with E-state index in [4.69, 9.17) is 11.6 Å². The number of carbonyl (C=O) groups is 1. The normalized spacial score (nSPS) is 37.1. The third-order valence-corrected chi connectivity index (χ3v) is 4.19. The van der Waals surface area contributed by atoms with Crippen molar-refractivity contribution in [2.75, 3.05) is 5.88 Å². The van der Waals surface area contributed by atoms with E-state index in [0.29, 0.717) is 12.0 Å². The number of nitrogens with one attached hydrogen (secondary N) is 1. The predicted octanol–water partition coefficient (Wildman–Crippen LogP) is 2.17. The molecule has 1 amide bonds. The van der Waals surface area contributed by atoms with Crippen LogP contribution in [0.2, 0.25) is 0 Å². The predicted molar refractivity (Wildman–Crippen MR) is 57.3 cm³/mol. The van der Waals surface area contributed by atoms with Crippen molar-refractivity contribution in [2.24, 2.45) is 17.8 Å². The second-order valence-corrected chi connectivity index (χ2v) is 5.10. The fourth-order valence-corrected chi connectivity index (χ4v) is 3.38. The van der Waals surface area contributed by atoms with Crippen LogP contribution in [0.4, 0.5) is 0 Å². The lowest BCUT2D eigenvalue weighted by molar-refractivity contribution is -0.119. The molecule has 2 fully saturated rings. The molecule has 0 saturated heterocycles. The number of alkyl halides is 1. The van der Waals surface area contributed by atoms with Crippen LogP contribution >= 0.6 is 11.6 Å². The smallest absolute Gasteiger partial charge is 0.235 e. The molecule has 0 heterocycles. The first-order chi connectivity index (χ1) is 6.70. The Bertz CT molecular complexity index is 231. The highest BCUT2D eigenvalue weighted by Crippen LogP contribution is 2.49. The highest BCUT2D eigenvalue weighted by atomic mass is 35.5. The maximum Gasteiger partial charge on any atom is 0.235 e. The SMILES string of the molecule is C[C@H](NC(=O)CCl)[C@H]1C[C@@H]2CC[C@H]1C2. The number of rotatable bonds is 3. The van der Waals surface area contributed by atoms with E-state index in [2.05, 4.69) is 12.2 Å². The third kappa shape index (κ3) is 1.90. The van der Waals surface area contributed by atoms with Gasteiger partial charge in [0.15, 0.2) is 0 Å². The molecule has 4 atom stereocenters. The minimum Gasteiger partial charge on any atom is -0.352 e. The molecular weight excluding hydrogens is 198 g/mol. The molecule has 2 saturated carbocycles. The van der Waals surface area contributed by atoms with Gasteiger partial charge in [0, 0.05) is 6.04 Å². The maximum atomic E-state index is 11.1. The van der Waals surface area contributed by atoms with Crippen molar-refractivity contribution in [1.82, 2.24) is 5.32 Å². The quantitative estimate of drug-likeness (QED) is 0.719. The lowest BCUT2D eigenvalue weighted by Crippen LogP contribution is -2.40. The van der Waals surface area contributed by atoms with Gasteiger partial charge in [-0.3, -0.25) is 4.79 Å². The van der Waals surface area contributed by atoms with E-state index in [0.717, 1.165) is 11.8 Å². The van der Waals surface area contributed by atoms with Crippen LogP contribution in [-0.4, -0.2) is 17.8 Å². The lowest BCUT2D eigenvalue weighted by atomic mass is 9.84. The molecule has 2 aliphatic rings. The van der Waals surface area contributed by atoms with Crippen molar-refractivity contribution in [3.05, 3.63) is 0 Å². The zero-order valence-electron chi connectivity index (χ0n) is 8.63. The van der Waals surface area contributed by atoms with E-state index >= 15 is 0 Å². The Kier molecular flexibility index (Phi) is 3.01. The minimum atomic E-state index is -0.0260. The second kappa shape index (κ2) is 4.09. The largest absolute Gasteiger partial charge is 0.352 e. The first-order valence-corrected chi connectivity index (χ1v) is 6.09. The van der Waals surface area contributed by atoms with Gasteiger partial charge in [0.1, 0.15) is 5.88 Å².